The second kappa shape index (κ2) is 4.46. The average molecular weight is 255 g/mol. The third kappa shape index (κ3) is 2.17. The molecule has 1 atom stereocenters. The van der Waals surface area contributed by atoms with Crippen molar-refractivity contribution < 1.29 is 4.39 Å². The van der Waals surface area contributed by atoms with E-state index < -0.39 is 0 Å². The van der Waals surface area contributed by atoms with Gasteiger partial charge >= 0.3 is 0 Å². The van der Waals surface area contributed by atoms with Crippen LogP contribution in [0.15, 0.2) is 42.5 Å². The third-order valence-corrected chi connectivity index (χ3v) is 4.21. The summed E-state index contributed by atoms with van der Waals surface area (Å²) in [5.74, 6) is -0.185. The highest BCUT2D eigenvalue weighted by atomic mass is 19.1. The second-order valence-corrected chi connectivity index (χ2v) is 5.56. The number of hydrogen-bond donors (Lipinski definition) is 1. The minimum atomic E-state index is -0.352. The van der Waals surface area contributed by atoms with Crippen LogP contribution in [-0.4, -0.2) is 0 Å². The summed E-state index contributed by atoms with van der Waals surface area (Å²) >= 11 is 0. The maximum absolute atomic E-state index is 13.4. The SMILES string of the molecule is Cc1ccc(F)cc1CC1(N)CCc2ccccc21. The number of halogens is 1. The Morgan fingerprint density at radius 2 is 2.00 bits per heavy atom. The summed E-state index contributed by atoms with van der Waals surface area (Å²) in [5.41, 5.74) is 10.9. The highest BCUT2D eigenvalue weighted by Crippen LogP contribution is 2.37. The quantitative estimate of drug-likeness (QED) is 0.873. The van der Waals surface area contributed by atoms with Crippen molar-refractivity contribution in [1.82, 2.24) is 0 Å². The molecule has 1 nitrogen and oxygen atoms in total. The molecule has 0 saturated heterocycles. The molecular formula is C17H18FN. The summed E-state index contributed by atoms with van der Waals surface area (Å²) in [7, 11) is 0. The van der Waals surface area contributed by atoms with Crippen molar-refractivity contribution in [3.05, 3.63) is 70.5 Å². The maximum Gasteiger partial charge on any atom is 0.123 e. The standard InChI is InChI=1S/C17H18FN/c1-12-6-7-15(18)10-14(12)11-17(19)9-8-13-4-2-3-5-16(13)17/h2-7,10H,8-9,11,19H2,1H3. The predicted octanol–water partition coefficient (Wildman–Crippen LogP) is 3.48. The smallest absolute Gasteiger partial charge is 0.123 e. The monoisotopic (exact) mass is 255 g/mol. The van der Waals surface area contributed by atoms with E-state index in [1.165, 1.54) is 17.2 Å². The Labute approximate surface area is 113 Å². The lowest BCUT2D eigenvalue weighted by atomic mass is 9.85. The van der Waals surface area contributed by atoms with Crippen molar-refractivity contribution in [1.29, 1.82) is 0 Å². The van der Waals surface area contributed by atoms with Crippen LogP contribution in [0, 0.1) is 12.7 Å². The zero-order chi connectivity index (χ0) is 13.5. The molecule has 1 aliphatic carbocycles. The van der Waals surface area contributed by atoms with Crippen molar-refractivity contribution in [2.24, 2.45) is 5.73 Å². The van der Waals surface area contributed by atoms with Gasteiger partial charge in [0.25, 0.3) is 0 Å². The number of rotatable bonds is 2. The molecule has 0 amide bonds. The first-order chi connectivity index (χ1) is 9.08. The predicted molar refractivity (Wildman–Crippen MR) is 75.5 cm³/mol. The van der Waals surface area contributed by atoms with Gasteiger partial charge in [-0.1, -0.05) is 30.3 Å². The van der Waals surface area contributed by atoms with Crippen LogP contribution in [0.4, 0.5) is 4.39 Å². The van der Waals surface area contributed by atoms with Gasteiger partial charge in [-0.05, 0) is 60.6 Å². The summed E-state index contributed by atoms with van der Waals surface area (Å²) < 4.78 is 13.4. The average Bonchev–Trinajstić information content (AvgIpc) is 2.73. The van der Waals surface area contributed by atoms with Crippen molar-refractivity contribution in [3.63, 3.8) is 0 Å². The molecule has 3 rings (SSSR count). The van der Waals surface area contributed by atoms with Crippen molar-refractivity contribution >= 4 is 0 Å². The molecule has 2 N–H and O–H groups in total. The van der Waals surface area contributed by atoms with E-state index in [-0.39, 0.29) is 11.4 Å². The first kappa shape index (κ1) is 12.4. The molecule has 0 saturated carbocycles. The summed E-state index contributed by atoms with van der Waals surface area (Å²) in [6.07, 6.45) is 2.65. The fourth-order valence-corrected chi connectivity index (χ4v) is 3.07. The molecule has 2 aromatic rings. The molecule has 2 heteroatoms. The summed E-state index contributed by atoms with van der Waals surface area (Å²) in [4.78, 5) is 0. The number of nitrogens with two attached hydrogens (primary N) is 1. The van der Waals surface area contributed by atoms with Gasteiger partial charge in [0.15, 0.2) is 0 Å². The van der Waals surface area contributed by atoms with E-state index in [4.69, 9.17) is 5.73 Å². The van der Waals surface area contributed by atoms with Gasteiger partial charge in [-0.15, -0.1) is 0 Å². The molecule has 1 aliphatic rings. The van der Waals surface area contributed by atoms with Crippen molar-refractivity contribution in [2.45, 2.75) is 31.7 Å². The Morgan fingerprint density at radius 3 is 2.84 bits per heavy atom. The van der Waals surface area contributed by atoms with E-state index in [1.807, 2.05) is 19.1 Å². The molecule has 19 heavy (non-hydrogen) atoms. The van der Waals surface area contributed by atoms with Crippen LogP contribution in [-0.2, 0) is 18.4 Å². The first-order valence-corrected chi connectivity index (χ1v) is 6.71. The maximum atomic E-state index is 13.4. The minimum Gasteiger partial charge on any atom is -0.321 e. The lowest BCUT2D eigenvalue weighted by molar-refractivity contribution is 0.437. The molecule has 0 radical (unpaired) electrons. The van der Waals surface area contributed by atoms with Crippen LogP contribution in [0.2, 0.25) is 0 Å². The van der Waals surface area contributed by atoms with Gasteiger partial charge in [0.2, 0.25) is 0 Å². The zero-order valence-electron chi connectivity index (χ0n) is 11.1. The lowest BCUT2D eigenvalue weighted by Crippen LogP contribution is -2.36. The second-order valence-electron chi connectivity index (χ2n) is 5.56. The summed E-state index contributed by atoms with van der Waals surface area (Å²) in [5, 5.41) is 0. The van der Waals surface area contributed by atoms with E-state index in [0.29, 0.717) is 6.42 Å². The Morgan fingerprint density at radius 1 is 1.21 bits per heavy atom. The first-order valence-electron chi connectivity index (χ1n) is 6.71. The highest BCUT2D eigenvalue weighted by Gasteiger charge is 2.35. The number of aryl methyl sites for hydroxylation is 2. The molecule has 2 aromatic carbocycles. The van der Waals surface area contributed by atoms with Gasteiger partial charge < -0.3 is 5.73 Å². The summed E-state index contributed by atoms with van der Waals surface area (Å²) in [6, 6.07) is 13.3. The molecule has 0 aliphatic heterocycles. The molecule has 0 spiro atoms. The van der Waals surface area contributed by atoms with Crippen LogP contribution >= 0.6 is 0 Å². The van der Waals surface area contributed by atoms with Gasteiger partial charge in [0.05, 0.1) is 0 Å². The van der Waals surface area contributed by atoms with E-state index in [1.54, 1.807) is 6.07 Å². The minimum absolute atomic E-state index is 0.185. The van der Waals surface area contributed by atoms with Crippen LogP contribution in [0.1, 0.15) is 28.7 Å². The van der Waals surface area contributed by atoms with Gasteiger partial charge in [-0.25, -0.2) is 4.39 Å². The lowest BCUT2D eigenvalue weighted by Gasteiger charge is -2.26. The topological polar surface area (TPSA) is 26.0 Å². The van der Waals surface area contributed by atoms with E-state index in [9.17, 15) is 4.39 Å². The Balaban J connectivity index is 1.98. The van der Waals surface area contributed by atoms with Gasteiger partial charge in [0.1, 0.15) is 5.82 Å². The summed E-state index contributed by atoms with van der Waals surface area (Å²) in [6.45, 7) is 2.01. The Kier molecular flexibility index (Phi) is 2.90. The van der Waals surface area contributed by atoms with Crippen LogP contribution in [0.25, 0.3) is 0 Å². The Bertz CT molecular complexity index is 620. The van der Waals surface area contributed by atoms with Gasteiger partial charge in [0, 0.05) is 5.54 Å². The van der Waals surface area contributed by atoms with Gasteiger partial charge in [-0.2, -0.15) is 0 Å². The zero-order valence-corrected chi connectivity index (χ0v) is 11.1. The van der Waals surface area contributed by atoms with E-state index in [0.717, 1.165) is 24.0 Å². The molecule has 0 fully saturated rings. The van der Waals surface area contributed by atoms with E-state index >= 15 is 0 Å². The number of hydrogen-bond acceptors (Lipinski definition) is 1. The third-order valence-electron chi connectivity index (χ3n) is 4.21. The molecule has 0 aromatic heterocycles. The molecule has 0 heterocycles. The number of fused-ring (bicyclic) bond motifs is 1. The van der Waals surface area contributed by atoms with Crippen molar-refractivity contribution in [3.8, 4) is 0 Å². The van der Waals surface area contributed by atoms with Crippen LogP contribution in [0.3, 0.4) is 0 Å². The molecule has 98 valence electrons. The highest BCUT2D eigenvalue weighted by molar-refractivity contribution is 5.41. The molecule has 0 bridgehead atoms. The normalized spacial score (nSPS) is 21.4. The largest absolute Gasteiger partial charge is 0.321 e. The van der Waals surface area contributed by atoms with Crippen LogP contribution in [0.5, 0.6) is 0 Å². The van der Waals surface area contributed by atoms with Crippen LogP contribution < -0.4 is 5.73 Å². The fraction of sp³-hybridized carbons (Fsp3) is 0.294. The van der Waals surface area contributed by atoms with Crippen molar-refractivity contribution in [2.75, 3.05) is 0 Å². The molecule has 1 unspecified atom stereocenters. The fourth-order valence-electron chi connectivity index (χ4n) is 3.07. The molecular weight excluding hydrogens is 237 g/mol. The number of benzene rings is 2. The Hall–Kier alpha value is -1.67. The van der Waals surface area contributed by atoms with Gasteiger partial charge in [-0.3, -0.25) is 0 Å². The van der Waals surface area contributed by atoms with E-state index in [2.05, 4.69) is 18.2 Å².